The van der Waals surface area contributed by atoms with Crippen molar-refractivity contribution in [3.63, 3.8) is 0 Å². The van der Waals surface area contributed by atoms with E-state index in [-0.39, 0.29) is 29.1 Å². The summed E-state index contributed by atoms with van der Waals surface area (Å²) in [6.07, 6.45) is 3.50. The molecular formula is C25H35N3O5S. The maximum Gasteiger partial charge on any atom is 0.248 e. The molecule has 0 aliphatic carbocycles. The molecular weight excluding hydrogens is 454 g/mol. The Morgan fingerprint density at radius 1 is 1.21 bits per heavy atom. The molecule has 3 fully saturated rings. The second-order valence-corrected chi connectivity index (χ2v) is 11.6. The van der Waals surface area contributed by atoms with Gasteiger partial charge in [-0.05, 0) is 63.3 Å². The highest BCUT2D eigenvalue weighted by Gasteiger charge is 2.76. The van der Waals surface area contributed by atoms with Crippen molar-refractivity contribution in [3.8, 4) is 5.75 Å². The monoisotopic (exact) mass is 489 g/mol. The zero-order valence-electron chi connectivity index (χ0n) is 20.1. The summed E-state index contributed by atoms with van der Waals surface area (Å²) in [5.74, 6) is -0.699. The molecule has 8 nitrogen and oxygen atoms in total. The number of amides is 3. The zero-order chi connectivity index (χ0) is 24.5. The molecule has 5 atom stereocenters. The van der Waals surface area contributed by atoms with Crippen molar-refractivity contribution in [2.24, 2.45) is 11.8 Å². The summed E-state index contributed by atoms with van der Waals surface area (Å²) in [7, 11) is 1.59. The minimum absolute atomic E-state index is 0.0359. The zero-order valence-corrected chi connectivity index (χ0v) is 21.0. The Morgan fingerprint density at radius 3 is 2.59 bits per heavy atom. The Kier molecular flexibility index (Phi) is 7.14. The lowest BCUT2D eigenvalue weighted by atomic mass is 9.66. The highest BCUT2D eigenvalue weighted by Crippen LogP contribution is 2.71. The van der Waals surface area contributed by atoms with Gasteiger partial charge in [-0.1, -0.05) is 6.92 Å². The van der Waals surface area contributed by atoms with Gasteiger partial charge in [0, 0.05) is 30.1 Å². The molecule has 0 radical (unpaired) electrons. The topological polar surface area (TPSA) is 108 Å². The van der Waals surface area contributed by atoms with Crippen LogP contribution in [0, 0.1) is 11.8 Å². The van der Waals surface area contributed by atoms with Crippen LogP contribution in [-0.2, 0) is 14.4 Å². The van der Waals surface area contributed by atoms with E-state index in [0.717, 1.165) is 19.3 Å². The number of methoxy groups -OCH3 is 1. The van der Waals surface area contributed by atoms with Crippen LogP contribution < -0.4 is 15.4 Å². The largest absolute Gasteiger partial charge is 0.497 e. The summed E-state index contributed by atoms with van der Waals surface area (Å²) in [6, 6.07) is 6.45. The quantitative estimate of drug-likeness (QED) is 0.436. The molecule has 34 heavy (non-hydrogen) atoms. The van der Waals surface area contributed by atoms with Gasteiger partial charge in [-0.25, -0.2) is 0 Å². The molecule has 0 aromatic heterocycles. The molecule has 3 amide bonds. The van der Waals surface area contributed by atoms with Gasteiger partial charge in [-0.3, -0.25) is 14.4 Å². The number of hydrogen-bond donors (Lipinski definition) is 3. The van der Waals surface area contributed by atoms with Crippen LogP contribution in [0.5, 0.6) is 5.75 Å². The lowest BCUT2D eigenvalue weighted by molar-refractivity contribution is -0.140. The van der Waals surface area contributed by atoms with Gasteiger partial charge in [0.05, 0.1) is 23.7 Å². The van der Waals surface area contributed by atoms with E-state index in [1.54, 1.807) is 48.0 Å². The predicted octanol–water partition coefficient (Wildman–Crippen LogP) is 2.41. The van der Waals surface area contributed by atoms with Gasteiger partial charge < -0.3 is 25.4 Å². The van der Waals surface area contributed by atoms with E-state index in [1.807, 2.05) is 6.92 Å². The van der Waals surface area contributed by atoms with Gasteiger partial charge in [0.2, 0.25) is 17.7 Å². The minimum Gasteiger partial charge on any atom is -0.497 e. The number of carbonyl (C=O) groups is 3. The normalized spacial score (nSPS) is 31.5. The molecule has 3 aliphatic heterocycles. The van der Waals surface area contributed by atoms with Crippen molar-refractivity contribution >= 4 is 35.2 Å². The molecule has 3 aliphatic rings. The third-order valence-electron chi connectivity index (χ3n) is 7.52. The second-order valence-electron chi connectivity index (χ2n) is 9.70. The molecule has 9 heteroatoms. The van der Waals surface area contributed by atoms with Gasteiger partial charge in [-0.15, -0.1) is 11.8 Å². The summed E-state index contributed by atoms with van der Waals surface area (Å²) in [5, 5.41) is 15.3. The second kappa shape index (κ2) is 9.77. The van der Waals surface area contributed by atoms with Crippen molar-refractivity contribution in [2.75, 3.05) is 32.1 Å². The predicted molar refractivity (Wildman–Crippen MR) is 132 cm³/mol. The number of nitrogens with zero attached hydrogens (tertiary/aromatic N) is 1. The molecule has 0 saturated carbocycles. The van der Waals surface area contributed by atoms with Crippen molar-refractivity contribution in [1.29, 1.82) is 0 Å². The fourth-order valence-corrected chi connectivity index (χ4v) is 8.36. The minimum atomic E-state index is -0.665. The average molecular weight is 490 g/mol. The van der Waals surface area contributed by atoms with Crippen LogP contribution in [0.1, 0.15) is 46.0 Å². The third kappa shape index (κ3) is 4.06. The summed E-state index contributed by atoms with van der Waals surface area (Å²) >= 11 is 1.67. The van der Waals surface area contributed by atoms with Crippen LogP contribution in [-0.4, -0.2) is 70.1 Å². The Balaban J connectivity index is 1.66. The number of unbranched alkanes of at least 4 members (excludes halogenated alkanes) is 1. The number of carbonyl (C=O) groups excluding carboxylic acids is 3. The Bertz CT molecular complexity index is 941. The number of aliphatic hydroxyl groups excluding tert-OH is 1. The fraction of sp³-hybridized carbons (Fsp3) is 0.640. The Morgan fingerprint density at radius 2 is 1.94 bits per heavy atom. The first-order valence-electron chi connectivity index (χ1n) is 12.2. The highest BCUT2D eigenvalue weighted by molar-refractivity contribution is 8.02. The molecule has 2 bridgehead atoms. The maximum atomic E-state index is 13.8. The number of thioether (sulfide) groups is 1. The number of nitrogens with one attached hydrogen (secondary N) is 2. The standard InChI is InChI=1S/C25H35N3O5S/c1-4-13-26-21(30)18-19-23(32)28(14-5-6-15-29)20(25(19)12-11-24(18,2)34-25)22(31)27-16-7-9-17(33-3)10-8-16/h7-10,18-20,29H,4-6,11-15H2,1-3H3,(H,26,30)(H,27,31)/t18-,19+,20?,24+,25?/m1/s1. The van der Waals surface area contributed by atoms with Crippen molar-refractivity contribution in [2.45, 2.75) is 61.5 Å². The molecule has 1 aromatic rings. The van der Waals surface area contributed by atoms with Crippen LogP contribution in [0.25, 0.3) is 0 Å². The number of fused-ring (bicyclic) bond motifs is 1. The smallest absolute Gasteiger partial charge is 0.248 e. The van der Waals surface area contributed by atoms with Gasteiger partial charge in [0.15, 0.2) is 0 Å². The number of rotatable bonds is 10. The van der Waals surface area contributed by atoms with Crippen LogP contribution in [0.4, 0.5) is 5.69 Å². The maximum absolute atomic E-state index is 13.8. The number of ether oxygens (including phenoxy) is 1. The van der Waals surface area contributed by atoms with E-state index >= 15 is 0 Å². The fourth-order valence-electron chi connectivity index (χ4n) is 6.00. The van der Waals surface area contributed by atoms with Crippen LogP contribution in [0.2, 0.25) is 0 Å². The van der Waals surface area contributed by atoms with Crippen molar-refractivity contribution < 1.29 is 24.2 Å². The SMILES string of the molecule is CCCNC(=O)[C@H]1[C@H]2C(=O)N(CCCCO)C(C(=O)Nc3ccc(OC)cc3)C23CC[C@]1(C)S3. The summed E-state index contributed by atoms with van der Waals surface area (Å²) in [5.41, 5.74) is 0.634. The van der Waals surface area contributed by atoms with E-state index in [1.165, 1.54) is 0 Å². The molecule has 3 N–H and O–H groups in total. The van der Waals surface area contributed by atoms with Gasteiger partial charge >= 0.3 is 0 Å². The number of aliphatic hydroxyl groups is 1. The van der Waals surface area contributed by atoms with E-state index in [0.29, 0.717) is 37.4 Å². The molecule has 4 rings (SSSR count). The van der Waals surface area contributed by atoms with Crippen LogP contribution in [0.3, 0.4) is 0 Å². The van der Waals surface area contributed by atoms with Crippen molar-refractivity contribution in [1.82, 2.24) is 10.2 Å². The van der Waals surface area contributed by atoms with Gasteiger partial charge in [-0.2, -0.15) is 0 Å². The van der Waals surface area contributed by atoms with E-state index in [2.05, 4.69) is 17.6 Å². The number of benzene rings is 1. The highest BCUT2D eigenvalue weighted by atomic mass is 32.2. The first-order valence-corrected chi connectivity index (χ1v) is 13.0. The summed E-state index contributed by atoms with van der Waals surface area (Å²) in [4.78, 5) is 42.5. The molecule has 186 valence electrons. The lowest BCUT2D eigenvalue weighted by Gasteiger charge is -2.34. The summed E-state index contributed by atoms with van der Waals surface area (Å²) < 4.78 is 4.21. The molecule has 3 heterocycles. The number of anilines is 1. The molecule has 3 saturated heterocycles. The number of likely N-dealkylation sites (tertiary alicyclic amines) is 1. The van der Waals surface area contributed by atoms with Crippen molar-refractivity contribution in [3.05, 3.63) is 24.3 Å². The average Bonchev–Trinajstić information content (AvgIpc) is 3.39. The number of hydrogen-bond acceptors (Lipinski definition) is 6. The lowest BCUT2D eigenvalue weighted by Crippen LogP contribution is -2.52. The van der Waals surface area contributed by atoms with E-state index in [4.69, 9.17) is 4.74 Å². The van der Waals surface area contributed by atoms with Crippen LogP contribution in [0.15, 0.2) is 24.3 Å². The molecule has 1 spiro atoms. The molecule has 2 unspecified atom stereocenters. The van der Waals surface area contributed by atoms with Gasteiger partial charge in [0.25, 0.3) is 0 Å². The molecule has 1 aromatic carbocycles. The Labute approximate surface area is 205 Å². The van der Waals surface area contributed by atoms with E-state index < -0.39 is 22.6 Å². The summed E-state index contributed by atoms with van der Waals surface area (Å²) in [6.45, 7) is 5.07. The Hall–Kier alpha value is -2.26. The van der Waals surface area contributed by atoms with Crippen LogP contribution >= 0.6 is 11.8 Å². The first kappa shape index (κ1) is 24.9. The van der Waals surface area contributed by atoms with E-state index in [9.17, 15) is 19.5 Å². The first-order chi connectivity index (χ1) is 16.3. The third-order valence-corrected chi connectivity index (χ3v) is 9.51. The van der Waals surface area contributed by atoms with Gasteiger partial charge in [0.1, 0.15) is 11.8 Å².